The summed E-state index contributed by atoms with van der Waals surface area (Å²) in [4.78, 5) is 13.5. The van der Waals surface area contributed by atoms with E-state index >= 15 is 0 Å². The van der Waals surface area contributed by atoms with Gasteiger partial charge in [0, 0.05) is 13.1 Å². The highest BCUT2D eigenvalue weighted by Crippen LogP contribution is 2.42. The molecule has 0 radical (unpaired) electrons. The lowest BCUT2D eigenvalue weighted by Gasteiger charge is -2.38. The van der Waals surface area contributed by atoms with Gasteiger partial charge in [-0.05, 0) is 54.9 Å². The number of halogens is 1. The third-order valence-electron chi connectivity index (χ3n) is 4.95. The summed E-state index contributed by atoms with van der Waals surface area (Å²) in [6.07, 6.45) is 5.26. The van der Waals surface area contributed by atoms with Gasteiger partial charge in [0.15, 0.2) is 0 Å². The average molecular weight is 303 g/mol. The third kappa shape index (κ3) is 3.22. The smallest absolute Gasteiger partial charge is 0.245 e. The van der Waals surface area contributed by atoms with Crippen LogP contribution in [0.15, 0.2) is 36.9 Å². The van der Waals surface area contributed by atoms with Gasteiger partial charge in [-0.2, -0.15) is 0 Å². The van der Waals surface area contributed by atoms with Gasteiger partial charge >= 0.3 is 0 Å². The van der Waals surface area contributed by atoms with Gasteiger partial charge in [0.1, 0.15) is 5.82 Å². The van der Waals surface area contributed by atoms with Crippen molar-refractivity contribution in [2.45, 2.75) is 31.8 Å². The van der Waals surface area contributed by atoms with E-state index in [0.717, 1.165) is 50.9 Å². The maximum Gasteiger partial charge on any atom is 0.245 e. The molecular weight excluding hydrogens is 281 g/mol. The van der Waals surface area contributed by atoms with E-state index in [1.807, 2.05) is 11.0 Å². The summed E-state index contributed by atoms with van der Waals surface area (Å²) in [6.45, 7) is 5.85. The van der Waals surface area contributed by atoms with Gasteiger partial charge in [-0.1, -0.05) is 18.7 Å². The van der Waals surface area contributed by atoms with Crippen molar-refractivity contribution in [3.63, 3.8) is 0 Å². The van der Waals surface area contributed by atoms with Crippen molar-refractivity contribution in [2.75, 3.05) is 19.7 Å². The zero-order chi connectivity index (χ0) is 15.6. The van der Waals surface area contributed by atoms with Crippen molar-refractivity contribution in [3.05, 3.63) is 48.3 Å². The topological polar surface area (TPSA) is 29.5 Å². The third-order valence-corrected chi connectivity index (χ3v) is 4.95. The van der Waals surface area contributed by atoms with Crippen LogP contribution in [0.5, 0.6) is 0 Å². The summed E-state index contributed by atoms with van der Waals surface area (Å²) in [5, 5.41) is 0. The van der Waals surface area contributed by atoms with Crippen LogP contribution in [0.25, 0.3) is 0 Å². The maximum absolute atomic E-state index is 13.3. The van der Waals surface area contributed by atoms with Gasteiger partial charge in [0.25, 0.3) is 0 Å². The molecular formula is C18H22FNO2. The number of hydrogen-bond donors (Lipinski definition) is 0. The number of nitrogens with zero attached hydrogens (tertiary/aromatic N) is 1. The van der Waals surface area contributed by atoms with Crippen LogP contribution in [-0.2, 0) is 16.0 Å². The van der Waals surface area contributed by atoms with Crippen molar-refractivity contribution in [1.82, 2.24) is 4.90 Å². The van der Waals surface area contributed by atoms with Crippen molar-refractivity contribution in [3.8, 4) is 0 Å². The minimum absolute atomic E-state index is 0.0186. The van der Waals surface area contributed by atoms with E-state index in [0.29, 0.717) is 0 Å². The van der Waals surface area contributed by atoms with Crippen LogP contribution in [0.3, 0.4) is 0 Å². The molecule has 2 aliphatic heterocycles. The Hall–Kier alpha value is -1.68. The molecule has 22 heavy (non-hydrogen) atoms. The second-order valence-corrected chi connectivity index (χ2v) is 6.50. The van der Waals surface area contributed by atoms with E-state index in [1.54, 1.807) is 12.1 Å². The summed E-state index contributed by atoms with van der Waals surface area (Å²) in [5.74, 6) is -0.175. The molecule has 2 saturated heterocycles. The lowest BCUT2D eigenvalue weighted by atomic mass is 9.76. The Balaban J connectivity index is 1.56. The maximum atomic E-state index is 13.3. The SMILES string of the molecule is C=CC(=O)N1CCC2(CC1)COC(Cc1cccc(F)c1)C2. The molecule has 0 N–H and O–H groups in total. The largest absolute Gasteiger partial charge is 0.377 e. The summed E-state index contributed by atoms with van der Waals surface area (Å²) < 4.78 is 19.2. The van der Waals surface area contributed by atoms with Crippen molar-refractivity contribution >= 4 is 5.91 Å². The van der Waals surface area contributed by atoms with Gasteiger partial charge in [-0.3, -0.25) is 4.79 Å². The molecule has 3 rings (SSSR count). The molecule has 0 saturated carbocycles. The fraction of sp³-hybridized carbons (Fsp3) is 0.500. The highest BCUT2D eigenvalue weighted by atomic mass is 19.1. The van der Waals surface area contributed by atoms with Gasteiger partial charge in [-0.25, -0.2) is 4.39 Å². The molecule has 1 spiro atoms. The zero-order valence-electron chi connectivity index (χ0n) is 12.8. The fourth-order valence-corrected chi connectivity index (χ4v) is 3.63. The Kier molecular flexibility index (Phi) is 4.30. The Morgan fingerprint density at radius 2 is 2.23 bits per heavy atom. The molecule has 2 heterocycles. The Labute approximate surface area is 130 Å². The van der Waals surface area contributed by atoms with Crippen LogP contribution in [0.4, 0.5) is 4.39 Å². The number of ether oxygens (including phenoxy) is 1. The first-order valence-electron chi connectivity index (χ1n) is 7.88. The number of carbonyl (C=O) groups is 1. The van der Waals surface area contributed by atoms with E-state index in [-0.39, 0.29) is 23.2 Å². The van der Waals surface area contributed by atoms with E-state index in [2.05, 4.69) is 6.58 Å². The second-order valence-electron chi connectivity index (χ2n) is 6.50. The molecule has 1 unspecified atom stereocenters. The van der Waals surface area contributed by atoms with Gasteiger partial charge in [0.2, 0.25) is 5.91 Å². The summed E-state index contributed by atoms with van der Waals surface area (Å²) in [5.41, 5.74) is 1.18. The molecule has 2 aliphatic rings. The molecule has 1 atom stereocenters. The molecule has 0 bridgehead atoms. The lowest BCUT2D eigenvalue weighted by molar-refractivity contribution is -0.128. The highest BCUT2D eigenvalue weighted by molar-refractivity contribution is 5.87. The molecule has 4 heteroatoms. The number of amides is 1. The monoisotopic (exact) mass is 303 g/mol. The van der Waals surface area contributed by atoms with Crippen LogP contribution >= 0.6 is 0 Å². The van der Waals surface area contributed by atoms with Gasteiger partial charge in [-0.15, -0.1) is 0 Å². The van der Waals surface area contributed by atoms with Crippen molar-refractivity contribution in [2.24, 2.45) is 5.41 Å². The van der Waals surface area contributed by atoms with E-state index < -0.39 is 0 Å². The van der Waals surface area contributed by atoms with E-state index in [1.165, 1.54) is 12.1 Å². The summed E-state index contributed by atoms with van der Waals surface area (Å²) >= 11 is 0. The number of piperidine rings is 1. The molecule has 3 nitrogen and oxygen atoms in total. The Morgan fingerprint density at radius 3 is 2.91 bits per heavy atom. The molecule has 1 aromatic carbocycles. The van der Waals surface area contributed by atoms with Crippen LogP contribution in [-0.4, -0.2) is 36.6 Å². The van der Waals surface area contributed by atoms with Crippen LogP contribution in [0, 0.1) is 11.2 Å². The fourth-order valence-electron chi connectivity index (χ4n) is 3.63. The van der Waals surface area contributed by atoms with Gasteiger partial charge < -0.3 is 9.64 Å². The average Bonchev–Trinajstić information content (AvgIpc) is 2.90. The Morgan fingerprint density at radius 1 is 1.45 bits per heavy atom. The normalized spacial score (nSPS) is 23.7. The van der Waals surface area contributed by atoms with E-state index in [4.69, 9.17) is 4.74 Å². The summed E-state index contributed by atoms with van der Waals surface area (Å²) in [6, 6.07) is 6.74. The molecule has 118 valence electrons. The Bertz CT molecular complexity index is 564. The first-order chi connectivity index (χ1) is 10.6. The molecule has 0 aromatic heterocycles. The predicted molar refractivity (Wildman–Crippen MR) is 82.9 cm³/mol. The minimum Gasteiger partial charge on any atom is -0.377 e. The summed E-state index contributed by atoms with van der Waals surface area (Å²) in [7, 11) is 0. The zero-order valence-corrected chi connectivity index (χ0v) is 12.8. The minimum atomic E-state index is -0.193. The molecule has 1 amide bonds. The van der Waals surface area contributed by atoms with Crippen LogP contribution in [0.1, 0.15) is 24.8 Å². The first kappa shape index (κ1) is 15.2. The standard InChI is InChI=1S/C18H22FNO2/c1-2-17(21)20-8-6-18(7-9-20)12-16(22-13-18)11-14-4-3-5-15(19)10-14/h2-5,10,16H,1,6-9,11-13H2. The van der Waals surface area contributed by atoms with Crippen LogP contribution < -0.4 is 0 Å². The number of carbonyl (C=O) groups excluding carboxylic acids is 1. The number of likely N-dealkylation sites (tertiary alicyclic amines) is 1. The van der Waals surface area contributed by atoms with E-state index in [9.17, 15) is 9.18 Å². The number of hydrogen-bond acceptors (Lipinski definition) is 2. The molecule has 0 aliphatic carbocycles. The second kappa shape index (κ2) is 6.21. The van der Waals surface area contributed by atoms with Crippen molar-refractivity contribution in [1.29, 1.82) is 0 Å². The first-order valence-corrected chi connectivity index (χ1v) is 7.88. The van der Waals surface area contributed by atoms with Crippen LogP contribution in [0.2, 0.25) is 0 Å². The molecule has 2 fully saturated rings. The quantitative estimate of drug-likeness (QED) is 0.804. The number of benzene rings is 1. The van der Waals surface area contributed by atoms with Gasteiger partial charge in [0.05, 0.1) is 12.7 Å². The highest BCUT2D eigenvalue weighted by Gasteiger charge is 2.42. The van der Waals surface area contributed by atoms with Crippen molar-refractivity contribution < 1.29 is 13.9 Å². The molecule has 1 aromatic rings. The number of rotatable bonds is 3. The lowest BCUT2D eigenvalue weighted by Crippen LogP contribution is -2.43. The predicted octanol–water partition coefficient (Wildman–Crippen LogP) is 2.95.